The van der Waals surface area contributed by atoms with Crippen LogP contribution in [0.2, 0.25) is 0 Å². The van der Waals surface area contributed by atoms with Crippen molar-refractivity contribution >= 4 is 10.0 Å². The number of sulfonamides is 1. The summed E-state index contributed by atoms with van der Waals surface area (Å²) in [6, 6.07) is 3.59. The summed E-state index contributed by atoms with van der Waals surface area (Å²) in [4.78, 5) is 4.17. The van der Waals surface area contributed by atoms with Gasteiger partial charge < -0.3 is 5.32 Å². The highest BCUT2D eigenvalue weighted by molar-refractivity contribution is 7.89. The van der Waals surface area contributed by atoms with E-state index < -0.39 is 10.0 Å². The molecular formula is C15H25N3O2S. The lowest BCUT2D eigenvalue weighted by atomic mass is 10.0. The van der Waals surface area contributed by atoms with Crippen molar-refractivity contribution in [2.75, 3.05) is 13.6 Å². The van der Waals surface area contributed by atoms with Gasteiger partial charge in [-0.1, -0.05) is 25.8 Å². The van der Waals surface area contributed by atoms with Crippen LogP contribution in [0.4, 0.5) is 0 Å². The third kappa shape index (κ3) is 3.81. The first-order chi connectivity index (χ1) is 10.1. The van der Waals surface area contributed by atoms with Gasteiger partial charge in [0.1, 0.15) is 0 Å². The molecule has 0 aliphatic carbocycles. The Balaban J connectivity index is 2.22. The number of hydrogen-bond donors (Lipinski definition) is 1. The lowest BCUT2D eigenvalue weighted by Crippen LogP contribution is -2.43. The van der Waals surface area contributed by atoms with E-state index in [4.69, 9.17) is 0 Å². The van der Waals surface area contributed by atoms with Gasteiger partial charge in [-0.2, -0.15) is 4.31 Å². The van der Waals surface area contributed by atoms with Gasteiger partial charge in [0.15, 0.2) is 5.03 Å². The van der Waals surface area contributed by atoms with E-state index in [1.54, 1.807) is 16.6 Å². The van der Waals surface area contributed by atoms with Crippen molar-refractivity contribution in [1.82, 2.24) is 14.6 Å². The first-order valence-electron chi connectivity index (χ1n) is 7.71. The highest BCUT2D eigenvalue weighted by Gasteiger charge is 2.33. The second-order valence-electron chi connectivity index (χ2n) is 5.59. The molecule has 0 radical (unpaired) electrons. The van der Waals surface area contributed by atoms with Crippen LogP contribution >= 0.6 is 0 Å². The number of aromatic nitrogens is 1. The Bertz CT molecular complexity index is 541. The quantitative estimate of drug-likeness (QED) is 0.874. The number of nitrogens with zero attached hydrogens (tertiary/aromatic N) is 2. The molecule has 1 aromatic heterocycles. The van der Waals surface area contributed by atoms with E-state index in [-0.39, 0.29) is 11.1 Å². The molecule has 0 spiro atoms. The number of nitrogens with one attached hydrogen (secondary N) is 1. The predicted molar refractivity (Wildman–Crippen MR) is 83.4 cm³/mol. The molecule has 2 rings (SSSR count). The molecule has 1 unspecified atom stereocenters. The number of pyridine rings is 1. The maximum absolute atomic E-state index is 12.8. The van der Waals surface area contributed by atoms with Crippen molar-refractivity contribution in [3.8, 4) is 0 Å². The average molecular weight is 311 g/mol. The Hall–Kier alpha value is -0.980. The average Bonchev–Trinajstić information content (AvgIpc) is 2.49. The van der Waals surface area contributed by atoms with Crippen molar-refractivity contribution in [3.05, 3.63) is 23.9 Å². The highest BCUT2D eigenvalue weighted by atomic mass is 32.2. The van der Waals surface area contributed by atoms with Crippen LogP contribution < -0.4 is 5.32 Å². The van der Waals surface area contributed by atoms with Crippen molar-refractivity contribution in [1.29, 1.82) is 0 Å². The van der Waals surface area contributed by atoms with Gasteiger partial charge >= 0.3 is 0 Å². The van der Waals surface area contributed by atoms with Crippen LogP contribution in [0.3, 0.4) is 0 Å². The van der Waals surface area contributed by atoms with Crippen molar-refractivity contribution in [2.45, 2.75) is 56.6 Å². The molecule has 1 saturated heterocycles. The minimum atomic E-state index is -3.46. The molecular weight excluding hydrogens is 286 g/mol. The molecule has 2 heterocycles. The Kier molecular flexibility index (Phi) is 5.72. The smallest absolute Gasteiger partial charge is 0.260 e. The van der Waals surface area contributed by atoms with Crippen LogP contribution in [0.15, 0.2) is 23.4 Å². The summed E-state index contributed by atoms with van der Waals surface area (Å²) in [6.07, 6.45) is 6.60. The van der Waals surface area contributed by atoms with E-state index in [0.717, 1.165) is 37.7 Å². The molecule has 0 saturated carbocycles. The minimum Gasteiger partial charge on any atom is -0.316 e. The van der Waals surface area contributed by atoms with Gasteiger partial charge in [-0.25, -0.2) is 13.4 Å². The second kappa shape index (κ2) is 7.33. The van der Waals surface area contributed by atoms with Gasteiger partial charge in [0.25, 0.3) is 10.0 Å². The van der Waals surface area contributed by atoms with Crippen LogP contribution in [0, 0.1) is 0 Å². The van der Waals surface area contributed by atoms with E-state index in [0.29, 0.717) is 13.1 Å². The molecule has 1 aliphatic heterocycles. The van der Waals surface area contributed by atoms with E-state index in [9.17, 15) is 8.42 Å². The Morgan fingerprint density at radius 1 is 1.38 bits per heavy atom. The first-order valence-corrected chi connectivity index (χ1v) is 9.15. The van der Waals surface area contributed by atoms with Crippen LogP contribution in [0.25, 0.3) is 0 Å². The van der Waals surface area contributed by atoms with E-state index in [2.05, 4.69) is 17.2 Å². The lowest BCUT2D eigenvalue weighted by Gasteiger charge is -2.34. The third-order valence-corrected chi connectivity index (χ3v) is 5.81. The van der Waals surface area contributed by atoms with Gasteiger partial charge in [0.2, 0.25) is 0 Å². The third-order valence-electron chi connectivity index (χ3n) is 3.95. The summed E-state index contributed by atoms with van der Waals surface area (Å²) in [5.41, 5.74) is 0.986. The fourth-order valence-corrected chi connectivity index (χ4v) is 4.54. The molecule has 1 fully saturated rings. The minimum absolute atomic E-state index is 0.132. The fraction of sp³-hybridized carbons (Fsp3) is 0.667. The standard InChI is InChI=1S/C15H25N3O2S/c1-3-6-14-7-4-5-10-18(14)21(19,20)15-9-8-13(11-16-2)12-17-15/h8-9,12,14,16H,3-7,10-11H2,1-2H3. The molecule has 0 amide bonds. The summed E-state index contributed by atoms with van der Waals surface area (Å²) in [5, 5.41) is 3.20. The maximum Gasteiger partial charge on any atom is 0.260 e. The monoisotopic (exact) mass is 311 g/mol. The topological polar surface area (TPSA) is 62.3 Å². The number of hydrogen-bond acceptors (Lipinski definition) is 4. The normalized spacial score (nSPS) is 20.6. The zero-order valence-corrected chi connectivity index (χ0v) is 13.7. The van der Waals surface area contributed by atoms with E-state index >= 15 is 0 Å². The summed E-state index contributed by atoms with van der Waals surface area (Å²) in [7, 11) is -1.61. The van der Waals surface area contributed by atoms with Crippen LogP contribution in [-0.4, -0.2) is 37.3 Å². The molecule has 6 heteroatoms. The van der Waals surface area contributed by atoms with Crippen LogP contribution in [0.1, 0.15) is 44.6 Å². The van der Waals surface area contributed by atoms with E-state index in [1.807, 2.05) is 13.1 Å². The summed E-state index contributed by atoms with van der Waals surface area (Å²) in [5.74, 6) is 0. The molecule has 118 valence electrons. The van der Waals surface area contributed by atoms with Crippen LogP contribution in [-0.2, 0) is 16.6 Å². The van der Waals surface area contributed by atoms with Gasteiger partial charge in [-0.15, -0.1) is 0 Å². The second-order valence-corrected chi connectivity index (χ2v) is 7.43. The van der Waals surface area contributed by atoms with Crippen molar-refractivity contribution < 1.29 is 8.42 Å². The van der Waals surface area contributed by atoms with Gasteiger partial charge in [0, 0.05) is 25.3 Å². The Morgan fingerprint density at radius 2 is 2.19 bits per heavy atom. The summed E-state index contributed by atoms with van der Waals surface area (Å²) in [6.45, 7) is 3.41. The number of piperidine rings is 1. The fourth-order valence-electron chi connectivity index (χ4n) is 2.90. The van der Waals surface area contributed by atoms with Gasteiger partial charge in [-0.05, 0) is 37.9 Å². The number of rotatable bonds is 6. The maximum atomic E-state index is 12.8. The molecule has 0 aromatic carbocycles. The molecule has 5 nitrogen and oxygen atoms in total. The van der Waals surface area contributed by atoms with Gasteiger partial charge in [0.05, 0.1) is 0 Å². The predicted octanol–water partition coefficient (Wildman–Crippen LogP) is 2.14. The zero-order chi connectivity index (χ0) is 15.3. The van der Waals surface area contributed by atoms with Gasteiger partial charge in [-0.3, -0.25) is 0 Å². The molecule has 1 atom stereocenters. The van der Waals surface area contributed by atoms with Crippen molar-refractivity contribution in [3.63, 3.8) is 0 Å². The molecule has 0 bridgehead atoms. The lowest BCUT2D eigenvalue weighted by molar-refractivity contribution is 0.239. The largest absolute Gasteiger partial charge is 0.316 e. The molecule has 1 aromatic rings. The molecule has 1 N–H and O–H groups in total. The molecule has 21 heavy (non-hydrogen) atoms. The Labute approximate surface area is 127 Å². The Morgan fingerprint density at radius 3 is 2.81 bits per heavy atom. The summed E-state index contributed by atoms with van der Waals surface area (Å²) >= 11 is 0. The van der Waals surface area contributed by atoms with E-state index in [1.165, 1.54) is 0 Å². The SMILES string of the molecule is CCCC1CCCCN1S(=O)(=O)c1ccc(CNC)cn1. The van der Waals surface area contributed by atoms with Crippen molar-refractivity contribution in [2.24, 2.45) is 0 Å². The molecule has 1 aliphatic rings. The summed E-state index contributed by atoms with van der Waals surface area (Å²) < 4.78 is 27.2. The highest BCUT2D eigenvalue weighted by Crippen LogP contribution is 2.27. The first kappa shape index (κ1) is 16.4. The van der Waals surface area contributed by atoms with Crippen LogP contribution in [0.5, 0.6) is 0 Å². The zero-order valence-electron chi connectivity index (χ0n) is 12.9.